The van der Waals surface area contributed by atoms with Crippen LogP contribution >= 0.6 is 0 Å². The zero-order valence-corrected chi connectivity index (χ0v) is 11.0. The van der Waals surface area contributed by atoms with Gasteiger partial charge in [0.1, 0.15) is 5.82 Å². The fourth-order valence-electron chi connectivity index (χ4n) is 1.93. The van der Waals surface area contributed by atoms with Crippen molar-refractivity contribution in [3.05, 3.63) is 66.1 Å². The highest BCUT2D eigenvalue weighted by atomic mass is 19.1. The van der Waals surface area contributed by atoms with Gasteiger partial charge in [0.05, 0.1) is 5.69 Å². The van der Waals surface area contributed by atoms with E-state index in [2.05, 4.69) is 5.32 Å². The summed E-state index contributed by atoms with van der Waals surface area (Å²) in [6.07, 6.45) is 2.75. The van der Waals surface area contributed by atoms with E-state index in [0.717, 1.165) is 0 Å². The van der Waals surface area contributed by atoms with Crippen LogP contribution < -0.4 is 14.8 Å². The van der Waals surface area contributed by atoms with Crippen LogP contribution in [0.3, 0.4) is 0 Å². The Hall–Kier alpha value is -2.82. The molecule has 0 radical (unpaired) electrons. The van der Waals surface area contributed by atoms with Crippen molar-refractivity contribution in [2.75, 3.05) is 12.1 Å². The molecular weight excluding hydrogens is 273 g/mol. The summed E-state index contributed by atoms with van der Waals surface area (Å²) in [6, 6.07) is 11.2. The highest BCUT2D eigenvalue weighted by Crippen LogP contribution is 2.32. The maximum Gasteiger partial charge on any atom is 0.231 e. The molecule has 1 aliphatic heterocycles. The van der Waals surface area contributed by atoms with Crippen LogP contribution in [-0.4, -0.2) is 12.6 Å². The van der Waals surface area contributed by atoms with E-state index in [1.807, 2.05) is 0 Å². The second-order valence-electron chi connectivity index (χ2n) is 4.39. The van der Waals surface area contributed by atoms with Crippen molar-refractivity contribution in [2.24, 2.45) is 0 Å². The number of allylic oxidation sites excluding steroid dienone is 1. The Kier molecular flexibility index (Phi) is 3.55. The molecule has 2 aromatic rings. The van der Waals surface area contributed by atoms with Gasteiger partial charge in [0.2, 0.25) is 6.79 Å². The summed E-state index contributed by atoms with van der Waals surface area (Å²) >= 11 is 0. The lowest BCUT2D eigenvalue weighted by Crippen LogP contribution is -1.97. The van der Waals surface area contributed by atoms with Gasteiger partial charge in [0.15, 0.2) is 17.3 Å². The van der Waals surface area contributed by atoms with Crippen LogP contribution in [-0.2, 0) is 0 Å². The van der Waals surface area contributed by atoms with Gasteiger partial charge in [-0.1, -0.05) is 12.1 Å². The SMILES string of the molecule is O=C(/C=C/Nc1ccccc1F)c1ccc2c(c1)OCO2. The van der Waals surface area contributed by atoms with Crippen molar-refractivity contribution < 1.29 is 18.7 Å². The number of ketones is 1. The third-order valence-corrected chi connectivity index (χ3v) is 3.00. The van der Waals surface area contributed by atoms with Crippen molar-refractivity contribution >= 4 is 11.5 Å². The number of para-hydroxylation sites is 1. The first-order valence-electron chi connectivity index (χ1n) is 6.35. The molecule has 1 N–H and O–H groups in total. The van der Waals surface area contributed by atoms with Gasteiger partial charge in [-0.25, -0.2) is 4.39 Å². The van der Waals surface area contributed by atoms with E-state index in [-0.39, 0.29) is 18.4 Å². The highest BCUT2D eigenvalue weighted by Gasteiger charge is 2.14. The van der Waals surface area contributed by atoms with Crippen LogP contribution in [0.25, 0.3) is 0 Å². The van der Waals surface area contributed by atoms with E-state index in [9.17, 15) is 9.18 Å². The van der Waals surface area contributed by atoms with Crippen LogP contribution in [0, 0.1) is 5.82 Å². The molecule has 0 unspecified atom stereocenters. The van der Waals surface area contributed by atoms with Gasteiger partial charge in [-0.3, -0.25) is 4.79 Å². The molecular formula is C16H12FNO3. The lowest BCUT2D eigenvalue weighted by molar-refractivity contribution is 0.104. The average Bonchev–Trinajstić information content (AvgIpc) is 2.96. The Labute approximate surface area is 120 Å². The summed E-state index contributed by atoms with van der Waals surface area (Å²) in [6.45, 7) is 0.164. The maximum atomic E-state index is 13.4. The topological polar surface area (TPSA) is 47.6 Å². The third-order valence-electron chi connectivity index (χ3n) is 3.00. The highest BCUT2D eigenvalue weighted by molar-refractivity contribution is 6.05. The molecule has 1 aliphatic rings. The quantitative estimate of drug-likeness (QED) is 0.691. The summed E-state index contributed by atoms with van der Waals surface area (Å²) in [5, 5.41) is 2.73. The monoisotopic (exact) mass is 285 g/mol. The first kappa shape index (κ1) is 13.2. The Morgan fingerprint density at radius 1 is 1.14 bits per heavy atom. The summed E-state index contributed by atoms with van der Waals surface area (Å²) in [5.74, 6) is 0.589. The van der Waals surface area contributed by atoms with E-state index in [1.54, 1.807) is 36.4 Å². The van der Waals surface area contributed by atoms with Crippen molar-refractivity contribution in [3.63, 3.8) is 0 Å². The van der Waals surface area contributed by atoms with E-state index in [0.29, 0.717) is 22.7 Å². The predicted molar refractivity (Wildman–Crippen MR) is 76.1 cm³/mol. The number of nitrogens with one attached hydrogen (secondary N) is 1. The zero-order chi connectivity index (χ0) is 14.7. The van der Waals surface area contributed by atoms with Crippen LogP contribution in [0.2, 0.25) is 0 Å². The minimum atomic E-state index is -0.377. The Morgan fingerprint density at radius 3 is 2.81 bits per heavy atom. The van der Waals surface area contributed by atoms with Crippen LogP contribution in [0.15, 0.2) is 54.7 Å². The number of carbonyl (C=O) groups excluding carboxylic acids is 1. The van der Waals surface area contributed by atoms with Crippen molar-refractivity contribution in [2.45, 2.75) is 0 Å². The Morgan fingerprint density at radius 2 is 1.95 bits per heavy atom. The fourth-order valence-corrected chi connectivity index (χ4v) is 1.93. The van der Waals surface area contributed by atoms with E-state index in [4.69, 9.17) is 9.47 Å². The standard InChI is InChI=1S/C16H12FNO3/c17-12-3-1-2-4-13(12)18-8-7-14(19)11-5-6-15-16(9-11)21-10-20-15/h1-9,18H,10H2/b8-7+. The number of carbonyl (C=O) groups is 1. The second-order valence-corrected chi connectivity index (χ2v) is 4.39. The number of fused-ring (bicyclic) bond motifs is 1. The molecule has 21 heavy (non-hydrogen) atoms. The average molecular weight is 285 g/mol. The van der Waals surface area contributed by atoms with Gasteiger partial charge >= 0.3 is 0 Å². The normalized spacial score (nSPS) is 12.6. The smallest absolute Gasteiger partial charge is 0.231 e. The molecule has 5 heteroatoms. The molecule has 2 aromatic carbocycles. The van der Waals surface area contributed by atoms with Crippen LogP contribution in [0.5, 0.6) is 11.5 Å². The number of hydrogen-bond acceptors (Lipinski definition) is 4. The first-order chi connectivity index (χ1) is 10.2. The summed E-state index contributed by atoms with van der Waals surface area (Å²) < 4.78 is 23.8. The van der Waals surface area contributed by atoms with Gasteiger partial charge in [0, 0.05) is 17.8 Å². The lowest BCUT2D eigenvalue weighted by Gasteiger charge is -2.02. The minimum Gasteiger partial charge on any atom is -0.454 e. The first-order valence-corrected chi connectivity index (χ1v) is 6.35. The van der Waals surface area contributed by atoms with E-state index >= 15 is 0 Å². The number of hydrogen-bond donors (Lipinski definition) is 1. The molecule has 0 bridgehead atoms. The van der Waals surface area contributed by atoms with Crippen molar-refractivity contribution in [3.8, 4) is 11.5 Å². The maximum absolute atomic E-state index is 13.4. The largest absolute Gasteiger partial charge is 0.454 e. The van der Waals surface area contributed by atoms with Gasteiger partial charge in [-0.15, -0.1) is 0 Å². The summed E-state index contributed by atoms with van der Waals surface area (Å²) in [4.78, 5) is 12.0. The molecule has 0 amide bonds. The third kappa shape index (κ3) is 2.86. The van der Waals surface area contributed by atoms with Gasteiger partial charge in [-0.05, 0) is 30.3 Å². The molecule has 0 saturated heterocycles. The molecule has 0 aromatic heterocycles. The molecule has 1 heterocycles. The number of anilines is 1. The fraction of sp³-hybridized carbons (Fsp3) is 0.0625. The summed E-state index contributed by atoms with van der Waals surface area (Å²) in [5.41, 5.74) is 0.790. The number of ether oxygens (including phenoxy) is 2. The molecule has 106 valence electrons. The number of benzene rings is 2. The van der Waals surface area contributed by atoms with Gasteiger partial charge < -0.3 is 14.8 Å². The second kappa shape index (κ2) is 5.66. The molecule has 0 fully saturated rings. The van der Waals surface area contributed by atoms with Gasteiger partial charge in [-0.2, -0.15) is 0 Å². The van der Waals surface area contributed by atoms with E-state index in [1.165, 1.54) is 18.3 Å². The molecule has 0 atom stereocenters. The summed E-state index contributed by atoms with van der Waals surface area (Å²) in [7, 11) is 0. The molecule has 3 rings (SSSR count). The zero-order valence-electron chi connectivity index (χ0n) is 11.0. The molecule has 0 spiro atoms. The Bertz CT molecular complexity index is 712. The minimum absolute atomic E-state index is 0.164. The lowest BCUT2D eigenvalue weighted by atomic mass is 10.1. The number of rotatable bonds is 4. The van der Waals surface area contributed by atoms with Crippen LogP contribution in [0.1, 0.15) is 10.4 Å². The number of halogens is 1. The molecule has 0 saturated carbocycles. The van der Waals surface area contributed by atoms with Crippen molar-refractivity contribution in [1.29, 1.82) is 0 Å². The Balaban J connectivity index is 1.69. The van der Waals surface area contributed by atoms with Gasteiger partial charge in [0.25, 0.3) is 0 Å². The van der Waals surface area contributed by atoms with Crippen LogP contribution in [0.4, 0.5) is 10.1 Å². The molecule has 4 nitrogen and oxygen atoms in total. The van der Waals surface area contributed by atoms with E-state index < -0.39 is 0 Å². The van der Waals surface area contributed by atoms with Crippen molar-refractivity contribution in [1.82, 2.24) is 0 Å². The molecule has 0 aliphatic carbocycles. The predicted octanol–water partition coefficient (Wildman–Crippen LogP) is 3.36.